The van der Waals surface area contributed by atoms with Gasteiger partial charge in [0.15, 0.2) is 17.9 Å². The Kier molecular flexibility index (Phi) is 3.09. The first kappa shape index (κ1) is 14.4. The van der Waals surface area contributed by atoms with Crippen molar-refractivity contribution in [3.63, 3.8) is 0 Å². The number of furan rings is 2. The molecule has 1 aliphatic heterocycles. The number of benzene rings is 1. The molecule has 0 aromatic carbocycles. The molecule has 3 rings (SSSR count). The van der Waals surface area contributed by atoms with Crippen LogP contribution in [0, 0.1) is 5.41 Å². The van der Waals surface area contributed by atoms with Gasteiger partial charge in [0.1, 0.15) is 17.8 Å². The number of hydrogen-bond acceptors (Lipinski definition) is 7. The number of fused-ring (bicyclic) bond motifs is 5. The van der Waals surface area contributed by atoms with Crippen molar-refractivity contribution in [3.05, 3.63) is 17.2 Å². The summed E-state index contributed by atoms with van der Waals surface area (Å²) in [5.41, 5.74) is 0.895. The Bertz CT molecular complexity index is 762. The third-order valence-corrected chi connectivity index (χ3v) is 3.23. The Balaban J connectivity index is 1.68. The lowest BCUT2D eigenvalue weighted by Gasteiger charge is -2.15. The molecule has 116 valence electrons. The van der Waals surface area contributed by atoms with Gasteiger partial charge in [0.2, 0.25) is 0 Å². The van der Waals surface area contributed by atoms with Crippen LogP contribution in [-0.2, 0) is 25.7 Å². The topological polar surface area (TPSA) is 92.0 Å². The van der Waals surface area contributed by atoms with E-state index in [0.717, 1.165) is 0 Å². The van der Waals surface area contributed by atoms with Gasteiger partial charge in [-0.05, 0) is 20.8 Å². The molecule has 0 N–H and O–H groups in total. The van der Waals surface area contributed by atoms with Crippen LogP contribution in [-0.4, -0.2) is 24.5 Å². The first-order valence-corrected chi connectivity index (χ1v) is 6.70. The molecule has 0 fully saturated rings. The average molecular weight is 306 g/mol. The Morgan fingerprint density at radius 1 is 1.32 bits per heavy atom. The highest BCUT2D eigenvalue weighted by atomic mass is 16.6. The molecule has 0 saturated carbocycles. The normalized spacial score (nSPS) is 14.0. The number of carbonyl (C=O) groups is 3. The van der Waals surface area contributed by atoms with E-state index in [1.54, 1.807) is 20.8 Å². The van der Waals surface area contributed by atoms with E-state index in [1.807, 2.05) is 0 Å². The second-order valence-corrected chi connectivity index (χ2v) is 6.03. The fourth-order valence-electron chi connectivity index (χ4n) is 2.10. The maximum Gasteiger partial charge on any atom is 0.349 e. The standard InChI is InChI=1S/C15H14O7/c1-15(2,3)14(18)20-6-10(16)21-9-4-8-7-5-19-13(17)11(7)12(9)22-8/h4H,5-6H2,1-3H3. The summed E-state index contributed by atoms with van der Waals surface area (Å²) >= 11 is 0. The SMILES string of the molecule is CC(C)(C)C(=O)OCC(=O)Oc1cc2oc1c1c2COC1=O. The molecule has 0 saturated heterocycles. The van der Waals surface area contributed by atoms with Crippen molar-refractivity contribution in [1.29, 1.82) is 0 Å². The van der Waals surface area contributed by atoms with E-state index < -0.39 is 29.9 Å². The van der Waals surface area contributed by atoms with Gasteiger partial charge in [-0.15, -0.1) is 0 Å². The third kappa shape index (κ3) is 2.28. The van der Waals surface area contributed by atoms with E-state index in [0.29, 0.717) is 16.7 Å². The summed E-state index contributed by atoms with van der Waals surface area (Å²) in [6.45, 7) is 4.69. The lowest BCUT2D eigenvalue weighted by molar-refractivity contribution is -0.160. The van der Waals surface area contributed by atoms with Gasteiger partial charge in [-0.1, -0.05) is 0 Å². The molecular weight excluding hydrogens is 292 g/mol. The molecule has 2 aromatic heterocycles. The van der Waals surface area contributed by atoms with Crippen molar-refractivity contribution >= 4 is 29.1 Å². The molecule has 7 heteroatoms. The monoisotopic (exact) mass is 306 g/mol. The highest BCUT2D eigenvalue weighted by Gasteiger charge is 2.34. The molecule has 0 radical (unpaired) electrons. The summed E-state index contributed by atoms with van der Waals surface area (Å²) in [7, 11) is 0. The van der Waals surface area contributed by atoms with Crippen LogP contribution >= 0.6 is 0 Å². The lowest BCUT2D eigenvalue weighted by Crippen LogP contribution is -2.27. The maximum atomic E-state index is 11.7. The van der Waals surface area contributed by atoms with Gasteiger partial charge >= 0.3 is 17.9 Å². The summed E-state index contributed by atoms with van der Waals surface area (Å²) < 4.78 is 20.2. The van der Waals surface area contributed by atoms with Gasteiger partial charge in [0.05, 0.1) is 11.0 Å². The Hall–Kier alpha value is -2.57. The van der Waals surface area contributed by atoms with Crippen molar-refractivity contribution in [1.82, 2.24) is 0 Å². The minimum absolute atomic E-state index is 0.129. The van der Waals surface area contributed by atoms with Crippen molar-refractivity contribution in [3.8, 4) is 5.75 Å². The van der Waals surface area contributed by atoms with Gasteiger partial charge in [-0.3, -0.25) is 4.79 Å². The predicted octanol–water partition coefficient (Wildman–Crippen LogP) is 2.04. The van der Waals surface area contributed by atoms with Gasteiger partial charge in [0, 0.05) is 6.07 Å². The summed E-state index contributed by atoms with van der Waals surface area (Å²) in [4.78, 5) is 34.9. The van der Waals surface area contributed by atoms with Crippen LogP contribution in [0.2, 0.25) is 0 Å². The van der Waals surface area contributed by atoms with Gasteiger partial charge < -0.3 is 18.6 Å². The Morgan fingerprint density at radius 2 is 2.05 bits per heavy atom. The van der Waals surface area contributed by atoms with Crippen LogP contribution in [0.1, 0.15) is 36.7 Å². The quantitative estimate of drug-likeness (QED) is 0.632. The number of carbonyl (C=O) groups excluding carboxylic acids is 3. The van der Waals surface area contributed by atoms with Crippen LogP contribution < -0.4 is 4.74 Å². The van der Waals surface area contributed by atoms with Crippen molar-refractivity contribution in [2.45, 2.75) is 27.4 Å². The highest BCUT2D eigenvalue weighted by Crippen LogP contribution is 2.41. The molecule has 0 spiro atoms. The zero-order valence-electron chi connectivity index (χ0n) is 12.3. The van der Waals surface area contributed by atoms with Crippen molar-refractivity contribution < 1.29 is 33.0 Å². The third-order valence-electron chi connectivity index (χ3n) is 3.23. The zero-order chi connectivity index (χ0) is 16.1. The zero-order valence-corrected chi connectivity index (χ0v) is 12.3. The minimum Gasteiger partial charge on any atom is -0.457 e. The first-order valence-electron chi connectivity index (χ1n) is 6.70. The summed E-state index contributed by atoms with van der Waals surface area (Å²) in [6, 6.07) is 1.51. The number of hydrogen-bond donors (Lipinski definition) is 0. The molecule has 0 atom stereocenters. The molecule has 2 bridgehead atoms. The van der Waals surface area contributed by atoms with E-state index in [9.17, 15) is 14.4 Å². The summed E-state index contributed by atoms with van der Waals surface area (Å²) in [5, 5.41) is 0. The van der Waals surface area contributed by atoms with Gasteiger partial charge in [-0.2, -0.15) is 0 Å². The van der Waals surface area contributed by atoms with Crippen LogP contribution in [0.25, 0.3) is 11.2 Å². The first-order chi connectivity index (χ1) is 10.3. The second kappa shape index (κ2) is 4.72. The Morgan fingerprint density at radius 3 is 2.73 bits per heavy atom. The summed E-state index contributed by atoms with van der Waals surface area (Å²) in [6.07, 6.45) is 0. The van der Waals surface area contributed by atoms with Crippen molar-refractivity contribution in [2.24, 2.45) is 5.41 Å². The van der Waals surface area contributed by atoms with E-state index in [-0.39, 0.29) is 17.9 Å². The molecule has 22 heavy (non-hydrogen) atoms. The number of esters is 3. The number of rotatable bonds is 3. The van der Waals surface area contributed by atoms with Gasteiger partial charge in [-0.25, -0.2) is 9.59 Å². The predicted molar refractivity (Wildman–Crippen MR) is 72.6 cm³/mol. The molecule has 0 unspecified atom stereocenters. The summed E-state index contributed by atoms with van der Waals surface area (Å²) in [5.74, 6) is -1.62. The minimum atomic E-state index is -0.749. The maximum absolute atomic E-state index is 11.7. The highest BCUT2D eigenvalue weighted by molar-refractivity contribution is 6.06. The molecule has 1 aliphatic rings. The number of ether oxygens (including phenoxy) is 3. The largest absolute Gasteiger partial charge is 0.457 e. The van der Waals surface area contributed by atoms with E-state index in [2.05, 4.69) is 0 Å². The van der Waals surface area contributed by atoms with Crippen molar-refractivity contribution in [2.75, 3.05) is 6.61 Å². The molecular formula is C15H14O7. The molecule has 2 aromatic rings. The fraction of sp³-hybridized carbons (Fsp3) is 0.400. The fourth-order valence-corrected chi connectivity index (χ4v) is 2.10. The molecule has 3 heterocycles. The van der Waals surface area contributed by atoms with E-state index >= 15 is 0 Å². The lowest BCUT2D eigenvalue weighted by atomic mass is 9.97. The molecule has 0 amide bonds. The van der Waals surface area contributed by atoms with Crippen LogP contribution in [0.4, 0.5) is 0 Å². The van der Waals surface area contributed by atoms with Crippen LogP contribution in [0.5, 0.6) is 5.75 Å². The van der Waals surface area contributed by atoms with E-state index in [4.69, 9.17) is 18.6 Å². The molecule has 7 nitrogen and oxygen atoms in total. The Labute approximate surface area is 125 Å². The second-order valence-electron chi connectivity index (χ2n) is 6.03. The molecule has 0 aliphatic carbocycles. The van der Waals surface area contributed by atoms with E-state index in [1.165, 1.54) is 6.07 Å². The average Bonchev–Trinajstić information content (AvgIpc) is 3.08. The van der Waals surface area contributed by atoms with Crippen LogP contribution in [0.15, 0.2) is 10.5 Å². The van der Waals surface area contributed by atoms with Gasteiger partial charge in [0.25, 0.3) is 0 Å². The van der Waals surface area contributed by atoms with Crippen LogP contribution in [0.3, 0.4) is 0 Å². The smallest absolute Gasteiger partial charge is 0.349 e. The number of cyclic esters (lactones) is 1.